The molecule has 0 bridgehead atoms. The van der Waals surface area contributed by atoms with Crippen LogP contribution in [0, 0.1) is 0 Å². The highest BCUT2D eigenvalue weighted by Gasteiger charge is 2.41. The fourth-order valence-electron chi connectivity index (χ4n) is 3.00. The first-order valence-corrected chi connectivity index (χ1v) is 6.92. The van der Waals surface area contributed by atoms with Crippen LogP contribution in [0.1, 0.15) is 33.9 Å². The number of hydrogen-bond acceptors (Lipinski definition) is 3. The summed E-state index contributed by atoms with van der Waals surface area (Å²) < 4.78 is 5.17. The number of nitrogens with zero attached hydrogens (tertiary/aromatic N) is 2. The second-order valence-corrected chi connectivity index (χ2v) is 5.23. The molecule has 0 spiro atoms. The minimum absolute atomic E-state index is 0.000823. The number of hydrogen-bond donors (Lipinski definition) is 0. The summed E-state index contributed by atoms with van der Waals surface area (Å²) in [6.07, 6.45) is 0.759. The van der Waals surface area contributed by atoms with Crippen molar-refractivity contribution in [2.24, 2.45) is 5.10 Å². The molecule has 2 aromatic rings. The van der Waals surface area contributed by atoms with E-state index in [-0.39, 0.29) is 11.9 Å². The van der Waals surface area contributed by atoms with Crippen molar-refractivity contribution in [2.45, 2.75) is 12.5 Å². The van der Waals surface area contributed by atoms with Gasteiger partial charge in [0.25, 0.3) is 5.91 Å². The van der Waals surface area contributed by atoms with Crippen LogP contribution in [-0.2, 0) is 0 Å². The van der Waals surface area contributed by atoms with Gasteiger partial charge in [0.2, 0.25) is 0 Å². The molecule has 0 radical (unpaired) electrons. The van der Waals surface area contributed by atoms with E-state index in [1.54, 1.807) is 12.1 Å². The molecule has 2 heterocycles. The lowest BCUT2D eigenvalue weighted by molar-refractivity contribution is 0.0756. The monoisotopic (exact) mass is 278 g/mol. The van der Waals surface area contributed by atoms with E-state index in [1.807, 2.05) is 48.5 Å². The van der Waals surface area contributed by atoms with Crippen LogP contribution < -0.4 is 4.74 Å². The first-order chi connectivity index (χ1) is 10.3. The van der Waals surface area contributed by atoms with Gasteiger partial charge in [-0.25, -0.2) is 5.01 Å². The number of carbonyl (C=O) groups excluding carboxylic acids is 1. The Balaban J connectivity index is 1.68. The number of benzene rings is 2. The summed E-state index contributed by atoms with van der Waals surface area (Å²) in [6, 6.07) is 15.6. The van der Waals surface area contributed by atoms with Gasteiger partial charge in [-0.1, -0.05) is 18.2 Å². The average molecular weight is 278 g/mol. The van der Waals surface area contributed by atoms with E-state index >= 15 is 0 Å². The van der Waals surface area contributed by atoms with Crippen molar-refractivity contribution in [1.82, 2.24) is 5.01 Å². The number of ether oxygens (including phenoxy) is 1. The zero-order valence-electron chi connectivity index (χ0n) is 11.6. The minimum Gasteiger partial charge on any atom is -0.497 e. The molecule has 0 N–H and O–H groups in total. The number of rotatable bonds is 2. The molecule has 1 atom stereocenters. The molecule has 4 nitrogen and oxygen atoms in total. The van der Waals surface area contributed by atoms with E-state index in [4.69, 9.17) is 4.74 Å². The van der Waals surface area contributed by atoms with Gasteiger partial charge in [-0.15, -0.1) is 0 Å². The summed E-state index contributed by atoms with van der Waals surface area (Å²) in [5.41, 5.74) is 3.84. The first-order valence-electron chi connectivity index (χ1n) is 6.92. The number of fused-ring (bicyclic) bond motifs is 3. The van der Waals surface area contributed by atoms with Crippen molar-refractivity contribution in [3.8, 4) is 5.75 Å². The zero-order chi connectivity index (χ0) is 14.4. The van der Waals surface area contributed by atoms with Crippen LogP contribution in [0.15, 0.2) is 53.6 Å². The Labute approximate surface area is 122 Å². The summed E-state index contributed by atoms with van der Waals surface area (Å²) in [6.45, 7) is 0. The topological polar surface area (TPSA) is 41.9 Å². The van der Waals surface area contributed by atoms with Crippen LogP contribution in [0.3, 0.4) is 0 Å². The number of methoxy groups -OCH3 is 1. The van der Waals surface area contributed by atoms with Crippen LogP contribution in [-0.4, -0.2) is 23.7 Å². The molecular formula is C17H14N2O2. The van der Waals surface area contributed by atoms with Gasteiger partial charge < -0.3 is 4.74 Å². The van der Waals surface area contributed by atoms with Crippen LogP contribution >= 0.6 is 0 Å². The first kappa shape index (κ1) is 12.1. The maximum Gasteiger partial charge on any atom is 0.274 e. The molecular weight excluding hydrogens is 264 g/mol. The molecule has 0 unspecified atom stereocenters. The lowest BCUT2D eigenvalue weighted by Gasteiger charge is -2.10. The van der Waals surface area contributed by atoms with Crippen LogP contribution in [0.25, 0.3) is 0 Å². The minimum atomic E-state index is -0.000823. The van der Waals surface area contributed by atoms with Gasteiger partial charge in [0.15, 0.2) is 0 Å². The Hall–Kier alpha value is -2.62. The van der Waals surface area contributed by atoms with E-state index in [1.165, 1.54) is 0 Å². The van der Waals surface area contributed by atoms with Gasteiger partial charge in [0, 0.05) is 12.0 Å². The third kappa shape index (κ3) is 1.76. The third-order valence-electron chi connectivity index (χ3n) is 4.09. The van der Waals surface area contributed by atoms with Gasteiger partial charge >= 0.3 is 0 Å². The second-order valence-electron chi connectivity index (χ2n) is 5.23. The Morgan fingerprint density at radius 3 is 2.67 bits per heavy atom. The smallest absolute Gasteiger partial charge is 0.274 e. The lowest BCUT2D eigenvalue weighted by atomic mass is 9.98. The Morgan fingerprint density at radius 2 is 1.90 bits per heavy atom. The van der Waals surface area contributed by atoms with Crippen molar-refractivity contribution in [1.29, 1.82) is 0 Å². The van der Waals surface area contributed by atoms with Gasteiger partial charge in [-0.2, -0.15) is 5.10 Å². The van der Waals surface area contributed by atoms with E-state index in [9.17, 15) is 4.79 Å². The van der Waals surface area contributed by atoms with Gasteiger partial charge in [0.1, 0.15) is 5.75 Å². The third-order valence-corrected chi connectivity index (χ3v) is 4.09. The molecule has 1 amide bonds. The summed E-state index contributed by atoms with van der Waals surface area (Å²) in [7, 11) is 1.65. The Bertz CT molecular complexity index is 750. The highest BCUT2D eigenvalue weighted by atomic mass is 16.5. The average Bonchev–Trinajstić information content (AvgIpc) is 3.08. The second kappa shape index (κ2) is 4.45. The fraction of sp³-hybridized carbons (Fsp3) is 0.176. The largest absolute Gasteiger partial charge is 0.497 e. The van der Waals surface area contributed by atoms with Crippen molar-refractivity contribution < 1.29 is 9.53 Å². The molecule has 2 aromatic carbocycles. The van der Waals surface area contributed by atoms with Gasteiger partial charge in [0.05, 0.1) is 18.9 Å². The summed E-state index contributed by atoms with van der Waals surface area (Å²) in [5.74, 6) is 0.818. The molecule has 104 valence electrons. The molecule has 0 saturated heterocycles. The maximum atomic E-state index is 12.4. The van der Waals surface area contributed by atoms with Crippen molar-refractivity contribution >= 4 is 11.6 Å². The Morgan fingerprint density at radius 1 is 1.14 bits per heavy atom. The number of carbonyl (C=O) groups is 1. The zero-order valence-corrected chi connectivity index (χ0v) is 11.6. The molecule has 4 heteroatoms. The van der Waals surface area contributed by atoms with Crippen molar-refractivity contribution in [3.63, 3.8) is 0 Å². The fourth-order valence-corrected chi connectivity index (χ4v) is 3.00. The predicted octanol–water partition coefficient (Wildman–Crippen LogP) is 3.00. The standard InChI is InChI=1S/C17H14N2O2/c1-21-12-8-6-11(7-9-12)15-10-16-13-4-2-3-5-14(13)17(20)19(16)18-15/h2-9,16H,10H2,1H3/t16-/m1/s1. The lowest BCUT2D eigenvalue weighted by Crippen LogP contribution is -2.17. The molecule has 0 saturated carbocycles. The van der Waals surface area contributed by atoms with E-state index in [0.717, 1.165) is 34.6 Å². The highest BCUT2D eigenvalue weighted by molar-refractivity contribution is 6.07. The Kier molecular flexibility index (Phi) is 2.57. The summed E-state index contributed by atoms with van der Waals surface area (Å²) >= 11 is 0. The maximum absolute atomic E-state index is 12.4. The molecule has 0 fully saturated rings. The molecule has 2 aliphatic heterocycles. The van der Waals surface area contributed by atoms with Gasteiger partial charge in [-0.05, 0) is 41.5 Å². The highest BCUT2D eigenvalue weighted by Crippen LogP contribution is 2.40. The molecule has 21 heavy (non-hydrogen) atoms. The van der Waals surface area contributed by atoms with E-state index < -0.39 is 0 Å². The van der Waals surface area contributed by atoms with Crippen LogP contribution in [0.2, 0.25) is 0 Å². The molecule has 0 aliphatic carbocycles. The normalized spacial score (nSPS) is 19.3. The molecule has 2 aliphatic rings. The quantitative estimate of drug-likeness (QED) is 0.847. The van der Waals surface area contributed by atoms with Crippen molar-refractivity contribution in [3.05, 3.63) is 65.2 Å². The van der Waals surface area contributed by atoms with Crippen LogP contribution in [0.4, 0.5) is 0 Å². The molecule has 4 rings (SSSR count). The van der Waals surface area contributed by atoms with E-state index in [0.29, 0.717) is 0 Å². The predicted molar refractivity (Wildman–Crippen MR) is 79.5 cm³/mol. The SMILES string of the molecule is COc1ccc(C2=NN3C(=O)c4ccccc4[C@H]3C2)cc1. The summed E-state index contributed by atoms with van der Waals surface area (Å²) in [5, 5.41) is 6.15. The number of hydrazone groups is 1. The number of amides is 1. The van der Waals surface area contributed by atoms with Crippen molar-refractivity contribution in [2.75, 3.05) is 7.11 Å². The van der Waals surface area contributed by atoms with Crippen LogP contribution in [0.5, 0.6) is 5.75 Å². The molecule has 0 aromatic heterocycles. The van der Waals surface area contributed by atoms with Gasteiger partial charge in [-0.3, -0.25) is 4.79 Å². The summed E-state index contributed by atoms with van der Waals surface area (Å²) in [4.78, 5) is 12.4. The van der Waals surface area contributed by atoms with E-state index in [2.05, 4.69) is 5.10 Å².